The quantitative estimate of drug-likeness (QED) is 0.577. The molecule has 0 unspecified atom stereocenters. The lowest BCUT2D eigenvalue weighted by atomic mass is 10.1. The number of benzene rings is 3. The maximum Gasteiger partial charge on any atom is 0.115 e. The molecule has 0 saturated heterocycles. The molecule has 0 atom stereocenters. The van der Waals surface area contributed by atoms with E-state index in [1.165, 1.54) is 5.56 Å². The zero-order chi connectivity index (χ0) is 17.2. The van der Waals surface area contributed by atoms with Crippen LogP contribution in [0.15, 0.2) is 72.8 Å². The zero-order valence-corrected chi connectivity index (χ0v) is 14.0. The molecule has 25 heavy (non-hydrogen) atoms. The number of hydrogen-bond donors (Lipinski definition) is 1. The number of nitrogens with two attached hydrogens (primary N) is 1. The van der Waals surface area contributed by atoms with Crippen LogP contribution in [-0.4, -0.2) is 15.0 Å². The maximum atomic E-state index is 6.26. The van der Waals surface area contributed by atoms with Gasteiger partial charge >= 0.3 is 0 Å². The van der Waals surface area contributed by atoms with Crippen molar-refractivity contribution in [3.05, 3.63) is 78.4 Å². The first-order valence-electron chi connectivity index (χ1n) is 8.18. The van der Waals surface area contributed by atoms with Gasteiger partial charge in [-0.25, -0.2) is 4.68 Å². The Hall–Kier alpha value is -3.34. The van der Waals surface area contributed by atoms with Gasteiger partial charge in [0.25, 0.3) is 0 Å². The third-order valence-corrected chi connectivity index (χ3v) is 4.32. The molecule has 0 fully saturated rings. The van der Waals surface area contributed by atoms with E-state index in [1.54, 1.807) is 4.68 Å². The van der Waals surface area contributed by atoms with Crippen LogP contribution in [0.3, 0.4) is 0 Å². The molecule has 4 aromatic rings. The predicted molar refractivity (Wildman–Crippen MR) is 102 cm³/mol. The van der Waals surface area contributed by atoms with Crippen LogP contribution in [0, 0.1) is 0 Å². The lowest BCUT2D eigenvalue weighted by Crippen LogP contribution is -2.17. The summed E-state index contributed by atoms with van der Waals surface area (Å²) in [6.45, 7) is 0.723. The smallest absolute Gasteiger partial charge is 0.115 e. The number of nitrogen functional groups attached to an aromatic ring is 1. The normalized spacial score (nSPS) is 10.9. The Kier molecular flexibility index (Phi) is 3.82. The van der Waals surface area contributed by atoms with Gasteiger partial charge in [-0.2, -0.15) is 0 Å². The molecule has 1 aromatic heterocycles. The van der Waals surface area contributed by atoms with Gasteiger partial charge in [0.15, 0.2) is 0 Å². The first-order chi connectivity index (χ1) is 12.2. The summed E-state index contributed by atoms with van der Waals surface area (Å²) in [6, 6.07) is 24.5. The highest BCUT2D eigenvalue weighted by molar-refractivity contribution is 5.83. The van der Waals surface area contributed by atoms with Crippen molar-refractivity contribution in [3.63, 3.8) is 0 Å². The summed E-state index contributed by atoms with van der Waals surface area (Å²) in [7, 11) is 1.89. The number of aromatic nitrogens is 3. The van der Waals surface area contributed by atoms with Crippen LogP contribution in [0.1, 0.15) is 5.56 Å². The van der Waals surface area contributed by atoms with E-state index >= 15 is 0 Å². The van der Waals surface area contributed by atoms with Crippen LogP contribution >= 0.6 is 0 Å². The Morgan fingerprint density at radius 1 is 0.960 bits per heavy atom. The van der Waals surface area contributed by atoms with E-state index < -0.39 is 0 Å². The van der Waals surface area contributed by atoms with E-state index in [0.717, 1.165) is 34.6 Å². The fourth-order valence-corrected chi connectivity index (χ4v) is 3.01. The summed E-state index contributed by atoms with van der Waals surface area (Å²) in [5.74, 6) is 0. The van der Waals surface area contributed by atoms with Crippen LogP contribution in [0.5, 0.6) is 0 Å². The second-order valence-corrected chi connectivity index (χ2v) is 6.02. The Morgan fingerprint density at radius 3 is 2.52 bits per heavy atom. The van der Waals surface area contributed by atoms with E-state index in [2.05, 4.69) is 39.5 Å². The maximum absolute atomic E-state index is 6.26. The molecule has 5 nitrogen and oxygen atoms in total. The Morgan fingerprint density at radius 2 is 1.72 bits per heavy atom. The van der Waals surface area contributed by atoms with Crippen molar-refractivity contribution < 1.29 is 0 Å². The fraction of sp³-hybridized carbons (Fsp3) is 0.100. The Bertz CT molecular complexity index is 1010. The molecular formula is C20H19N5. The molecule has 0 aliphatic heterocycles. The third-order valence-electron chi connectivity index (χ3n) is 4.32. The number of aryl methyl sites for hydroxylation is 1. The molecule has 5 heteroatoms. The molecule has 0 aliphatic rings. The van der Waals surface area contributed by atoms with Gasteiger partial charge in [-0.1, -0.05) is 47.7 Å². The highest BCUT2D eigenvalue weighted by Gasteiger charge is 2.14. The highest BCUT2D eigenvalue weighted by atomic mass is 15.4. The molecule has 0 radical (unpaired) electrons. The van der Waals surface area contributed by atoms with Crippen LogP contribution in [-0.2, 0) is 13.6 Å². The van der Waals surface area contributed by atoms with Crippen LogP contribution in [0.25, 0.3) is 11.0 Å². The number of para-hydroxylation sites is 2. The first-order valence-corrected chi connectivity index (χ1v) is 8.18. The molecule has 0 bridgehead atoms. The zero-order valence-electron chi connectivity index (χ0n) is 14.0. The highest BCUT2D eigenvalue weighted by Crippen LogP contribution is 2.33. The van der Waals surface area contributed by atoms with Crippen molar-refractivity contribution >= 4 is 28.1 Å². The van der Waals surface area contributed by atoms with Gasteiger partial charge < -0.3 is 10.6 Å². The fourth-order valence-electron chi connectivity index (χ4n) is 3.01. The van der Waals surface area contributed by atoms with E-state index in [1.807, 2.05) is 55.6 Å². The lowest BCUT2D eigenvalue weighted by molar-refractivity contribution is 0.736. The number of fused-ring (bicyclic) bond motifs is 1. The van der Waals surface area contributed by atoms with Gasteiger partial charge in [-0.05, 0) is 35.9 Å². The average molecular weight is 329 g/mol. The van der Waals surface area contributed by atoms with Gasteiger partial charge in [0, 0.05) is 19.3 Å². The minimum absolute atomic E-state index is 0.723. The molecule has 0 saturated carbocycles. The molecule has 4 rings (SSSR count). The Labute approximate surface area is 146 Å². The van der Waals surface area contributed by atoms with Crippen LogP contribution in [0.2, 0.25) is 0 Å². The number of rotatable bonds is 4. The van der Waals surface area contributed by atoms with Crippen LogP contribution < -0.4 is 10.6 Å². The number of anilines is 3. The first kappa shape index (κ1) is 15.2. The molecule has 0 spiro atoms. The summed E-state index contributed by atoms with van der Waals surface area (Å²) >= 11 is 0. The van der Waals surface area contributed by atoms with Crippen molar-refractivity contribution in [1.29, 1.82) is 0 Å². The molecule has 3 aromatic carbocycles. The van der Waals surface area contributed by atoms with E-state index in [-0.39, 0.29) is 0 Å². The standard InChI is InChI=1S/C20H19N5/c1-24-20-12-11-16(13-18(20)22-23-24)25(14-15-7-3-2-4-8-15)19-10-6-5-9-17(19)21/h2-13H,14,21H2,1H3. The van der Waals surface area contributed by atoms with Crippen molar-refractivity contribution in [2.75, 3.05) is 10.6 Å². The van der Waals surface area contributed by atoms with Crippen LogP contribution in [0.4, 0.5) is 17.1 Å². The molecule has 0 aliphatic carbocycles. The summed E-state index contributed by atoms with van der Waals surface area (Å²) in [6.07, 6.45) is 0. The minimum Gasteiger partial charge on any atom is -0.397 e. The topological polar surface area (TPSA) is 60.0 Å². The van der Waals surface area contributed by atoms with Gasteiger partial charge in [0.1, 0.15) is 5.52 Å². The SMILES string of the molecule is Cn1nnc2cc(N(Cc3ccccc3)c3ccccc3N)ccc21. The average Bonchev–Trinajstić information content (AvgIpc) is 3.02. The molecule has 124 valence electrons. The van der Waals surface area contributed by atoms with Crippen molar-refractivity contribution in [2.45, 2.75) is 6.54 Å². The van der Waals surface area contributed by atoms with E-state index in [9.17, 15) is 0 Å². The van der Waals surface area contributed by atoms with Gasteiger partial charge in [0.05, 0.1) is 16.9 Å². The predicted octanol–water partition coefficient (Wildman–Crippen LogP) is 3.89. The summed E-state index contributed by atoms with van der Waals surface area (Å²) in [5.41, 5.74) is 12.1. The largest absolute Gasteiger partial charge is 0.397 e. The second-order valence-electron chi connectivity index (χ2n) is 6.02. The second kappa shape index (κ2) is 6.28. The van der Waals surface area contributed by atoms with Crippen molar-refractivity contribution in [3.8, 4) is 0 Å². The minimum atomic E-state index is 0.723. The van der Waals surface area contributed by atoms with E-state index in [4.69, 9.17) is 5.73 Å². The number of nitrogens with zero attached hydrogens (tertiary/aromatic N) is 4. The van der Waals surface area contributed by atoms with Crippen molar-refractivity contribution in [2.24, 2.45) is 7.05 Å². The molecule has 1 heterocycles. The van der Waals surface area contributed by atoms with Gasteiger partial charge in [-0.3, -0.25) is 0 Å². The Balaban J connectivity index is 1.82. The van der Waals surface area contributed by atoms with E-state index in [0.29, 0.717) is 0 Å². The summed E-state index contributed by atoms with van der Waals surface area (Å²) < 4.78 is 1.78. The lowest BCUT2D eigenvalue weighted by Gasteiger charge is -2.26. The van der Waals surface area contributed by atoms with Gasteiger partial charge in [0.2, 0.25) is 0 Å². The summed E-state index contributed by atoms with van der Waals surface area (Å²) in [5, 5.41) is 8.33. The third kappa shape index (κ3) is 2.92. The monoisotopic (exact) mass is 329 g/mol. The van der Waals surface area contributed by atoms with Crippen molar-refractivity contribution in [1.82, 2.24) is 15.0 Å². The van der Waals surface area contributed by atoms with Gasteiger partial charge in [-0.15, -0.1) is 5.10 Å². The molecular weight excluding hydrogens is 310 g/mol. The number of hydrogen-bond acceptors (Lipinski definition) is 4. The molecule has 0 amide bonds. The molecule has 2 N–H and O–H groups in total. The summed E-state index contributed by atoms with van der Waals surface area (Å²) in [4.78, 5) is 2.21.